The van der Waals surface area contributed by atoms with Crippen LogP contribution in [-0.2, 0) is 4.79 Å². The first-order chi connectivity index (χ1) is 14.2. The number of allylic oxidation sites excluding steroid dienone is 2. The third kappa shape index (κ3) is 3.65. The molecule has 30 heavy (non-hydrogen) atoms. The number of hydrogen-bond donors (Lipinski definition) is 0. The molecule has 4 aliphatic carbocycles. The van der Waals surface area contributed by atoms with E-state index in [4.69, 9.17) is 0 Å². The van der Waals surface area contributed by atoms with Crippen molar-refractivity contribution in [1.29, 1.82) is 0 Å². The number of rotatable bonds is 6. The summed E-state index contributed by atoms with van der Waals surface area (Å²) in [5, 5.41) is 0. The van der Waals surface area contributed by atoms with E-state index in [0.717, 1.165) is 48.9 Å². The Kier molecular flexibility index (Phi) is 6.33. The Labute approximate surface area is 186 Å². The van der Waals surface area contributed by atoms with Gasteiger partial charge in [-0.1, -0.05) is 65.5 Å². The van der Waals surface area contributed by atoms with Crippen LogP contribution in [0.1, 0.15) is 119 Å². The van der Waals surface area contributed by atoms with Crippen LogP contribution in [0.15, 0.2) is 11.1 Å². The molecule has 0 amide bonds. The van der Waals surface area contributed by atoms with Gasteiger partial charge in [0.25, 0.3) is 0 Å². The summed E-state index contributed by atoms with van der Waals surface area (Å²) in [6, 6.07) is 0. The van der Waals surface area contributed by atoms with Crippen LogP contribution in [0.5, 0.6) is 0 Å². The van der Waals surface area contributed by atoms with Crippen molar-refractivity contribution in [2.24, 2.45) is 46.3 Å². The van der Waals surface area contributed by atoms with Gasteiger partial charge in [-0.15, -0.1) is 0 Å². The molecule has 0 heterocycles. The average Bonchev–Trinajstić information content (AvgIpc) is 3.06. The average molecular weight is 413 g/mol. The standard InChI is InChI=1S/C29H48O/c1-7-21(19(2)3)9-8-20(4)25-12-13-26-24-11-10-22-18-23(30)14-16-28(22,5)27(24)15-17-29(25,26)6/h19-22,25,27H,7-18H2,1-6H3/t20-,21-,22+,25-,27+,28+,29-/m1/s1. The molecule has 1 heteroatoms. The molecule has 0 aromatic carbocycles. The van der Waals surface area contributed by atoms with Crippen molar-refractivity contribution in [3.63, 3.8) is 0 Å². The van der Waals surface area contributed by atoms with E-state index in [0.29, 0.717) is 22.5 Å². The highest BCUT2D eigenvalue weighted by Crippen LogP contribution is 2.65. The smallest absolute Gasteiger partial charge is 0.133 e. The normalized spacial score (nSPS) is 40.8. The highest BCUT2D eigenvalue weighted by molar-refractivity contribution is 5.79. The molecule has 1 nitrogen and oxygen atoms in total. The van der Waals surface area contributed by atoms with E-state index in [1.165, 1.54) is 57.8 Å². The fraction of sp³-hybridized carbons (Fsp3) is 0.897. The lowest BCUT2D eigenvalue weighted by Gasteiger charge is -2.56. The molecule has 0 N–H and O–H groups in total. The second-order valence-corrected chi connectivity index (χ2v) is 12.6. The van der Waals surface area contributed by atoms with Gasteiger partial charge in [0.15, 0.2) is 0 Å². The Morgan fingerprint density at radius 3 is 2.43 bits per heavy atom. The highest BCUT2D eigenvalue weighted by atomic mass is 16.1. The quantitative estimate of drug-likeness (QED) is 0.400. The molecular formula is C29H48O. The summed E-state index contributed by atoms with van der Waals surface area (Å²) in [6.07, 6.45) is 15.2. The van der Waals surface area contributed by atoms with E-state index in [-0.39, 0.29) is 0 Å². The molecule has 170 valence electrons. The van der Waals surface area contributed by atoms with Crippen molar-refractivity contribution < 1.29 is 4.79 Å². The van der Waals surface area contributed by atoms with Gasteiger partial charge in [-0.3, -0.25) is 4.79 Å². The molecule has 4 rings (SSSR count). The van der Waals surface area contributed by atoms with Gasteiger partial charge in [0, 0.05) is 12.8 Å². The first-order valence-electron chi connectivity index (χ1n) is 13.4. The predicted molar refractivity (Wildman–Crippen MR) is 127 cm³/mol. The molecule has 0 spiro atoms. The summed E-state index contributed by atoms with van der Waals surface area (Å²) in [5.41, 5.74) is 4.67. The molecule has 0 aromatic heterocycles. The largest absolute Gasteiger partial charge is 0.300 e. The van der Waals surface area contributed by atoms with Gasteiger partial charge in [-0.25, -0.2) is 0 Å². The van der Waals surface area contributed by atoms with Crippen molar-refractivity contribution in [2.75, 3.05) is 0 Å². The van der Waals surface area contributed by atoms with Crippen LogP contribution in [0.3, 0.4) is 0 Å². The van der Waals surface area contributed by atoms with Gasteiger partial charge in [0.05, 0.1) is 0 Å². The molecule has 0 aliphatic heterocycles. The van der Waals surface area contributed by atoms with Crippen molar-refractivity contribution in [1.82, 2.24) is 0 Å². The Balaban J connectivity index is 1.52. The van der Waals surface area contributed by atoms with Gasteiger partial charge >= 0.3 is 0 Å². The Morgan fingerprint density at radius 1 is 0.967 bits per heavy atom. The van der Waals surface area contributed by atoms with Gasteiger partial charge < -0.3 is 0 Å². The summed E-state index contributed by atoms with van der Waals surface area (Å²) in [5.74, 6) is 5.46. The van der Waals surface area contributed by atoms with E-state index in [2.05, 4.69) is 41.5 Å². The summed E-state index contributed by atoms with van der Waals surface area (Å²) < 4.78 is 0. The lowest BCUT2D eigenvalue weighted by Crippen LogP contribution is -2.47. The number of fused-ring (bicyclic) bond motifs is 4. The van der Waals surface area contributed by atoms with Crippen molar-refractivity contribution >= 4 is 5.78 Å². The van der Waals surface area contributed by atoms with Crippen LogP contribution < -0.4 is 0 Å². The number of Topliss-reactive ketones (excluding diaryl/α,β-unsaturated/α-hetero) is 1. The monoisotopic (exact) mass is 412 g/mol. The first-order valence-corrected chi connectivity index (χ1v) is 13.4. The fourth-order valence-electron chi connectivity index (χ4n) is 8.92. The van der Waals surface area contributed by atoms with Crippen molar-refractivity contribution in [3.05, 3.63) is 11.1 Å². The van der Waals surface area contributed by atoms with E-state index in [1.54, 1.807) is 0 Å². The number of carbonyl (C=O) groups is 1. The van der Waals surface area contributed by atoms with Crippen LogP contribution in [0.2, 0.25) is 0 Å². The molecule has 3 fully saturated rings. The zero-order chi connectivity index (χ0) is 21.7. The first kappa shape index (κ1) is 22.6. The maximum atomic E-state index is 12.1. The topological polar surface area (TPSA) is 17.1 Å². The summed E-state index contributed by atoms with van der Waals surface area (Å²) in [4.78, 5) is 12.1. The van der Waals surface area contributed by atoms with E-state index in [9.17, 15) is 4.79 Å². The fourth-order valence-corrected chi connectivity index (χ4v) is 8.92. The lowest BCUT2D eigenvalue weighted by molar-refractivity contribution is -0.127. The lowest BCUT2D eigenvalue weighted by atomic mass is 9.49. The summed E-state index contributed by atoms with van der Waals surface area (Å²) in [6.45, 7) is 15.0. The van der Waals surface area contributed by atoms with Crippen LogP contribution in [0, 0.1) is 46.3 Å². The predicted octanol–water partition coefficient (Wildman–Crippen LogP) is 8.38. The Bertz CT molecular complexity index is 686. The van der Waals surface area contributed by atoms with Gasteiger partial charge in [-0.2, -0.15) is 0 Å². The molecule has 0 saturated heterocycles. The molecular weight excluding hydrogens is 364 g/mol. The summed E-state index contributed by atoms with van der Waals surface area (Å²) >= 11 is 0. The molecule has 3 saturated carbocycles. The van der Waals surface area contributed by atoms with Gasteiger partial charge in [0.2, 0.25) is 0 Å². The zero-order valence-corrected chi connectivity index (χ0v) is 20.9. The van der Waals surface area contributed by atoms with E-state index >= 15 is 0 Å². The number of hydrogen-bond acceptors (Lipinski definition) is 1. The maximum absolute atomic E-state index is 12.1. The van der Waals surface area contributed by atoms with Crippen molar-refractivity contribution in [2.45, 2.75) is 119 Å². The number of carbonyl (C=O) groups excluding carboxylic acids is 1. The van der Waals surface area contributed by atoms with E-state index in [1.807, 2.05) is 11.1 Å². The summed E-state index contributed by atoms with van der Waals surface area (Å²) in [7, 11) is 0. The second kappa shape index (κ2) is 8.40. The van der Waals surface area contributed by atoms with Gasteiger partial charge in [-0.05, 0) is 97.7 Å². The van der Waals surface area contributed by atoms with Crippen LogP contribution in [-0.4, -0.2) is 5.78 Å². The molecule has 4 aliphatic rings. The van der Waals surface area contributed by atoms with E-state index < -0.39 is 0 Å². The molecule has 7 atom stereocenters. The Hall–Kier alpha value is -0.590. The molecule has 0 bridgehead atoms. The number of ketones is 1. The minimum absolute atomic E-state index is 0.408. The Morgan fingerprint density at radius 2 is 1.73 bits per heavy atom. The molecule has 0 aromatic rings. The van der Waals surface area contributed by atoms with Crippen LogP contribution in [0.4, 0.5) is 0 Å². The SMILES string of the molecule is CC[C@H](CC[C@@H](C)[C@H]1CCC2=C3CC[C@H]4CC(=O)CC[C@]4(C)[C@H]3CC[C@@]21C)C(C)C. The molecule has 0 unspecified atom stereocenters. The molecule has 0 radical (unpaired) electrons. The van der Waals surface area contributed by atoms with Crippen molar-refractivity contribution in [3.8, 4) is 0 Å². The van der Waals surface area contributed by atoms with Crippen LogP contribution >= 0.6 is 0 Å². The highest BCUT2D eigenvalue weighted by Gasteiger charge is 2.55. The maximum Gasteiger partial charge on any atom is 0.133 e. The minimum Gasteiger partial charge on any atom is -0.300 e. The van der Waals surface area contributed by atoms with Gasteiger partial charge in [0.1, 0.15) is 5.78 Å². The second-order valence-electron chi connectivity index (χ2n) is 12.6. The van der Waals surface area contributed by atoms with Crippen LogP contribution in [0.25, 0.3) is 0 Å². The third-order valence-corrected chi connectivity index (χ3v) is 11.0. The third-order valence-electron chi connectivity index (χ3n) is 11.0. The minimum atomic E-state index is 0.408. The zero-order valence-electron chi connectivity index (χ0n) is 20.9.